The van der Waals surface area contributed by atoms with E-state index in [0.29, 0.717) is 18.8 Å². The molecule has 0 aromatic heterocycles. The zero-order valence-electron chi connectivity index (χ0n) is 7.42. The van der Waals surface area contributed by atoms with Crippen LogP contribution in [0.3, 0.4) is 0 Å². The van der Waals surface area contributed by atoms with Crippen molar-refractivity contribution in [3.63, 3.8) is 0 Å². The van der Waals surface area contributed by atoms with Crippen LogP contribution in [0.15, 0.2) is 0 Å². The summed E-state index contributed by atoms with van der Waals surface area (Å²) in [5.74, 6) is 0.644. The highest BCUT2D eigenvalue weighted by molar-refractivity contribution is 5.78. The normalized spacial score (nSPS) is 12.6. The summed E-state index contributed by atoms with van der Waals surface area (Å²) in [5, 5.41) is 8.32. The van der Waals surface area contributed by atoms with Crippen LogP contribution in [-0.4, -0.2) is 5.78 Å². The monoisotopic (exact) mass is 153 g/mol. The molecule has 11 heavy (non-hydrogen) atoms. The minimum absolute atomic E-state index is 0.0784. The molecule has 0 aromatic carbocycles. The van der Waals surface area contributed by atoms with Crippen molar-refractivity contribution in [1.82, 2.24) is 0 Å². The first kappa shape index (κ1) is 10.2. The van der Waals surface area contributed by atoms with Crippen molar-refractivity contribution < 1.29 is 4.79 Å². The van der Waals surface area contributed by atoms with Crippen molar-refractivity contribution in [2.24, 2.45) is 11.8 Å². The van der Waals surface area contributed by atoms with Gasteiger partial charge in [0.2, 0.25) is 0 Å². The topological polar surface area (TPSA) is 40.9 Å². The van der Waals surface area contributed by atoms with E-state index in [1.165, 1.54) is 0 Å². The third-order valence-corrected chi connectivity index (χ3v) is 1.89. The Kier molecular flexibility index (Phi) is 4.52. The largest absolute Gasteiger partial charge is 0.300 e. The molecule has 0 aliphatic rings. The Morgan fingerprint density at radius 2 is 2.09 bits per heavy atom. The van der Waals surface area contributed by atoms with Gasteiger partial charge >= 0.3 is 0 Å². The van der Waals surface area contributed by atoms with Gasteiger partial charge in [-0.25, -0.2) is 0 Å². The molecule has 0 spiro atoms. The molecule has 0 bridgehead atoms. The number of hydrogen-bond acceptors (Lipinski definition) is 2. The van der Waals surface area contributed by atoms with E-state index in [1.807, 2.05) is 13.8 Å². The van der Waals surface area contributed by atoms with Crippen LogP contribution < -0.4 is 0 Å². The Morgan fingerprint density at radius 1 is 1.55 bits per heavy atom. The lowest BCUT2D eigenvalue weighted by Gasteiger charge is -2.15. The first-order valence-corrected chi connectivity index (χ1v) is 3.97. The van der Waals surface area contributed by atoms with E-state index in [4.69, 9.17) is 5.26 Å². The molecule has 0 radical (unpaired) electrons. The summed E-state index contributed by atoms with van der Waals surface area (Å²) >= 11 is 0. The average Bonchev–Trinajstić information content (AvgIpc) is 1.87. The summed E-state index contributed by atoms with van der Waals surface area (Å²) in [6, 6.07) is 2.06. The lowest BCUT2D eigenvalue weighted by atomic mass is 9.88. The molecule has 2 nitrogen and oxygen atoms in total. The predicted octanol–water partition coefficient (Wildman–Crippen LogP) is 2.15. The van der Waals surface area contributed by atoms with Crippen molar-refractivity contribution in [3.8, 4) is 6.07 Å². The van der Waals surface area contributed by atoms with E-state index in [9.17, 15) is 4.79 Å². The summed E-state index contributed by atoms with van der Waals surface area (Å²) in [6.45, 7) is 5.63. The molecule has 2 heteroatoms. The van der Waals surface area contributed by atoms with Gasteiger partial charge in [0, 0.05) is 12.3 Å². The fraction of sp³-hybridized carbons (Fsp3) is 0.778. The fourth-order valence-corrected chi connectivity index (χ4v) is 1.23. The van der Waals surface area contributed by atoms with Crippen LogP contribution in [0.5, 0.6) is 0 Å². The molecule has 0 saturated carbocycles. The van der Waals surface area contributed by atoms with Crippen molar-refractivity contribution >= 4 is 5.78 Å². The molecule has 0 heterocycles. The van der Waals surface area contributed by atoms with E-state index >= 15 is 0 Å². The van der Waals surface area contributed by atoms with E-state index in [1.54, 1.807) is 6.92 Å². The van der Waals surface area contributed by atoms with Gasteiger partial charge in [-0.2, -0.15) is 5.26 Å². The summed E-state index contributed by atoms with van der Waals surface area (Å²) in [4.78, 5) is 11.0. The van der Waals surface area contributed by atoms with Crippen LogP contribution in [-0.2, 0) is 4.79 Å². The highest BCUT2D eigenvalue weighted by Crippen LogP contribution is 2.17. The van der Waals surface area contributed by atoms with E-state index in [-0.39, 0.29) is 11.7 Å². The van der Waals surface area contributed by atoms with Crippen molar-refractivity contribution in [1.29, 1.82) is 5.26 Å². The summed E-state index contributed by atoms with van der Waals surface area (Å²) < 4.78 is 0. The zero-order chi connectivity index (χ0) is 8.85. The van der Waals surface area contributed by atoms with Gasteiger partial charge in [-0.1, -0.05) is 13.8 Å². The Bertz CT molecular complexity index is 167. The number of carbonyl (C=O) groups is 1. The Morgan fingerprint density at radius 3 is 2.36 bits per heavy atom. The minimum Gasteiger partial charge on any atom is -0.300 e. The number of rotatable bonds is 4. The van der Waals surface area contributed by atoms with Crippen LogP contribution in [0.25, 0.3) is 0 Å². The lowest BCUT2D eigenvalue weighted by molar-refractivity contribution is -0.122. The van der Waals surface area contributed by atoms with E-state index in [2.05, 4.69) is 6.07 Å². The first-order chi connectivity index (χ1) is 5.09. The second kappa shape index (κ2) is 4.90. The van der Waals surface area contributed by atoms with Gasteiger partial charge in [0.05, 0.1) is 6.07 Å². The molecule has 0 aliphatic carbocycles. The van der Waals surface area contributed by atoms with Crippen LogP contribution >= 0.6 is 0 Å². The number of carbonyl (C=O) groups excluding carboxylic acids is 1. The molecular formula is C9H15NO. The predicted molar refractivity (Wildman–Crippen MR) is 43.9 cm³/mol. The lowest BCUT2D eigenvalue weighted by Crippen LogP contribution is -2.16. The van der Waals surface area contributed by atoms with Crippen molar-refractivity contribution in [2.75, 3.05) is 0 Å². The molecule has 0 saturated heterocycles. The zero-order valence-corrected chi connectivity index (χ0v) is 7.42. The van der Waals surface area contributed by atoms with Gasteiger partial charge in [-0.15, -0.1) is 0 Å². The SMILES string of the molecule is CC(=O)[C@H](CCC#N)C(C)C. The number of Topliss-reactive ketones (excluding diaryl/α,β-unsaturated/α-hetero) is 1. The van der Waals surface area contributed by atoms with Crippen molar-refractivity contribution in [3.05, 3.63) is 0 Å². The van der Waals surface area contributed by atoms with Gasteiger partial charge in [0.1, 0.15) is 5.78 Å². The van der Waals surface area contributed by atoms with Crippen LogP contribution in [0.1, 0.15) is 33.6 Å². The van der Waals surface area contributed by atoms with Gasteiger partial charge in [-0.3, -0.25) is 4.79 Å². The Hall–Kier alpha value is -0.840. The molecule has 1 atom stereocenters. The van der Waals surface area contributed by atoms with Gasteiger partial charge in [0.25, 0.3) is 0 Å². The Balaban J connectivity index is 3.92. The molecule has 0 aliphatic heterocycles. The Labute approximate surface area is 68.2 Å². The summed E-state index contributed by atoms with van der Waals surface area (Å²) in [6.07, 6.45) is 1.20. The van der Waals surface area contributed by atoms with Gasteiger partial charge < -0.3 is 0 Å². The number of nitrogens with zero attached hydrogens (tertiary/aromatic N) is 1. The van der Waals surface area contributed by atoms with Gasteiger partial charge in [-0.05, 0) is 19.3 Å². The third kappa shape index (κ3) is 3.77. The maximum atomic E-state index is 11.0. The van der Waals surface area contributed by atoms with Crippen LogP contribution in [0.2, 0.25) is 0 Å². The minimum atomic E-state index is 0.0784. The summed E-state index contributed by atoms with van der Waals surface area (Å²) in [5.41, 5.74) is 0. The number of nitriles is 1. The number of ketones is 1. The first-order valence-electron chi connectivity index (χ1n) is 3.97. The smallest absolute Gasteiger partial charge is 0.133 e. The van der Waals surface area contributed by atoms with E-state index < -0.39 is 0 Å². The molecule has 0 rings (SSSR count). The highest BCUT2D eigenvalue weighted by atomic mass is 16.1. The molecule has 62 valence electrons. The fourth-order valence-electron chi connectivity index (χ4n) is 1.23. The second-order valence-electron chi connectivity index (χ2n) is 3.16. The average molecular weight is 153 g/mol. The standard InChI is InChI=1S/C9H15NO/c1-7(2)9(8(3)11)5-4-6-10/h7,9H,4-5H2,1-3H3/t9-/m1/s1. The molecule has 0 N–H and O–H groups in total. The van der Waals surface area contributed by atoms with Gasteiger partial charge in [0.15, 0.2) is 0 Å². The van der Waals surface area contributed by atoms with Crippen LogP contribution in [0, 0.1) is 23.2 Å². The van der Waals surface area contributed by atoms with Crippen LogP contribution in [0.4, 0.5) is 0 Å². The molecule has 0 amide bonds. The maximum absolute atomic E-state index is 11.0. The van der Waals surface area contributed by atoms with Crippen molar-refractivity contribution in [2.45, 2.75) is 33.6 Å². The quantitative estimate of drug-likeness (QED) is 0.621. The molecule has 0 aromatic rings. The van der Waals surface area contributed by atoms with E-state index in [0.717, 1.165) is 0 Å². The highest BCUT2D eigenvalue weighted by Gasteiger charge is 2.17. The third-order valence-electron chi connectivity index (χ3n) is 1.89. The number of hydrogen-bond donors (Lipinski definition) is 0. The summed E-state index contributed by atoms with van der Waals surface area (Å²) in [7, 11) is 0. The molecule has 0 unspecified atom stereocenters. The molecular weight excluding hydrogens is 138 g/mol. The maximum Gasteiger partial charge on any atom is 0.133 e. The second-order valence-corrected chi connectivity index (χ2v) is 3.16. The molecule has 0 fully saturated rings.